The molecule has 3 aliphatic heterocycles. The highest BCUT2D eigenvalue weighted by atomic mass is 32.2. The van der Waals surface area contributed by atoms with E-state index >= 15 is 0 Å². The van der Waals surface area contributed by atoms with E-state index in [9.17, 15) is 4.79 Å². The molecule has 5 nitrogen and oxygen atoms in total. The monoisotopic (exact) mass is 418 g/mol. The van der Waals surface area contributed by atoms with Crippen LogP contribution in [0.15, 0.2) is 24.3 Å². The number of hydrogen-bond donors (Lipinski definition) is 0. The van der Waals surface area contributed by atoms with Crippen LogP contribution in [0.2, 0.25) is 0 Å². The van der Waals surface area contributed by atoms with Crippen molar-refractivity contribution in [2.75, 3.05) is 64.1 Å². The third-order valence-corrected chi connectivity index (χ3v) is 7.49. The fourth-order valence-electron chi connectivity index (χ4n) is 4.74. The van der Waals surface area contributed by atoms with Crippen LogP contribution in [-0.2, 0) is 14.9 Å². The first-order chi connectivity index (χ1) is 14.3. The van der Waals surface area contributed by atoms with Gasteiger partial charge in [-0.1, -0.05) is 12.1 Å². The van der Waals surface area contributed by atoms with Crippen molar-refractivity contribution >= 4 is 17.7 Å². The fraction of sp³-hybridized carbons (Fsp3) is 0.696. The summed E-state index contributed by atoms with van der Waals surface area (Å²) in [7, 11) is 0. The van der Waals surface area contributed by atoms with Gasteiger partial charge in [0.2, 0.25) is 5.91 Å². The van der Waals surface area contributed by atoms with Gasteiger partial charge in [0, 0.05) is 57.4 Å². The Morgan fingerprint density at radius 3 is 2.41 bits per heavy atom. The van der Waals surface area contributed by atoms with E-state index in [1.54, 1.807) is 0 Å². The fourth-order valence-corrected chi connectivity index (χ4v) is 5.72. The second kappa shape index (κ2) is 10.2. The molecule has 3 fully saturated rings. The van der Waals surface area contributed by atoms with Gasteiger partial charge in [0.05, 0.1) is 12.0 Å². The number of hydrogen-bond acceptors (Lipinski definition) is 5. The molecule has 1 aromatic carbocycles. The molecule has 4 rings (SSSR count). The molecule has 0 unspecified atom stereocenters. The summed E-state index contributed by atoms with van der Waals surface area (Å²) in [6.45, 7) is 7.39. The maximum Gasteiger partial charge on any atom is 0.233 e. The Morgan fingerprint density at radius 2 is 1.72 bits per heavy atom. The van der Waals surface area contributed by atoms with E-state index in [1.165, 1.54) is 24.6 Å². The third kappa shape index (κ3) is 5.09. The normalized spacial score (nSPS) is 22.6. The number of carbonyl (C=O) groups is 1. The number of ether oxygens (including phenoxy) is 2. The summed E-state index contributed by atoms with van der Waals surface area (Å²) in [6.07, 6.45) is 4.86. The molecule has 0 radical (unpaired) electrons. The third-order valence-electron chi connectivity index (χ3n) is 6.55. The average molecular weight is 419 g/mol. The second-order valence-corrected chi connectivity index (χ2v) is 9.60. The number of benzene rings is 1. The van der Waals surface area contributed by atoms with Gasteiger partial charge in [-0.3, -0.25) is 4.79 Å². The highest BCUT2D eigenvalue weighted by Crippen LogP contribution is 2.38. The molecule has 0 spiro atoms. The Labute approximate surface area is 179 Å². The standard InChI is InChI=1S/C23H34N2O3S/c26-22(25-11-1-2-12-25)23(8-16-27-17-9-23)20-4-6-21(7-5-20)28-15-3-10-24-13-18-29-19-14-24/h4-7H,1-3,8-19H2. The number of amides is 1. The molecule has 1 amide bonds. The Balaban J connectivity index is 1.35. The van der Waals surface area contributed by atoms with Gasteiger partial charge in [-0.15, -0.1) is 0 Å². The summed E-state index contributed by atoms with van der Waals surface area (Å²) in [5.41, 5.74) is 0.698. The lowest BCUT2D eigenvalue weighted by atomic mass is 9.73. The van der Waals surface area contributed by atoms with Crippen LogP contribution < -0.4 is 4.74 Å². The van der Waals surface area contributed by atoms with Crippen LogP contribution in [-0.4, -0.2) is 79.8 Å². The summed E-state index contributed by atoms with van der Waals surface area (Å²) in [4.78, 5) is 18.0. The van der Waals surface area contributed by atoms with Crippen molar-refractivity contribution in [3.8, 4) is 5.75 Å². The molecule has 1 aromatic rings. The van der Waals surface area contributed by atoms with Crippen molar-refractivity contribution < 1.29 is 14.3 Å². The van der Waals surface area contributed by atoms with Gasteiger partial charge >= 0.3 is 0 Å². The van der Waals surface area contributed by atoms with E-state index in [-0.39, 0.29) is 0 Å². The predicted molar refractivity (Wildman–Crippen MR) is 118 cm³/mol. The van der Waals surface area contributed by atoms with E-state index in [2.05, 4.69) is 21.9 Å². The zero-order valence-corrected chi connectivity index (χ0v) is 18.3. The first-order valence-corrected chi connectivity index (χ1v) is 12.3. The molecule has 0 N–H and O–H groups in total. The van der Waals surface area contributed by atoms with Gasteiger partial charge in [0.1, 0.15) is 5.75 Å². The minimum atomic E-state index is -0.423. The summed E-state index contributed by atoms with van der Waals surface area (Å²) in [6, 6.07) is 8.30. The van der Waals surface area contributed by atoms with Crippen LogP contribution in [0.5, 0.6) is 5.75 Å². The highest BCUT2D eigenvalue weighted by molar-refractivity contribution is 7.99. The van der Waals surface area contributed by atoms with Gasteiger partial charge in [0.25, 0.3) is 0 Å². The van der Waals surface area contributed by atoms with E-state index in [0.717, 1.165) is 69.7 Å². The highest BCUT2D eigenvalue weighted by Gasteiger charge is 2.44. The lowest BCUT2D eigenvalue weighted by molar-refractivity contribution is -0.140. The van der Waals surface area contributed by atoms with Crippen molar-refractivity contribution in [3.63, 3.8) is 0 Å². The Kier molecular flexibility index (Phi) is 7.38. The lowest BCUT2D eigenvalue weighted by Gasteiger charge is -2.39. The Bertz CT molecular complexity index is 649. The van der Waals surface area contributed by atoms with Gasteiger partial charge in [-0.2, -0.15) is 11.8 Å². The Morgan fingerprint density at radius 1 is 1.03 bits per heavy atom. The summed E-state index contributed by atoms with van der Waals surface area (Å²) in [5, 5.41) is 0. The number of thioether (sulfide) groups is 1. The van der Waals surface area contributed by atoms with Crippen LogP contribution in [0, 0.1) is 0 Å². The van der Waals surface area contributed by atoms with Crippen LogP contribution in [0.1, 0.15) is 37.7 Å². The molecule has 160 valence electrons. The minimum absolute atomic E-state index is 0.298. The van der Waals surface area contributed by atoms with Crippen molar-refractivity contribution in [1.82, 2.24) is 9.80 Å². The Hall–Kier alpha value is -1.24. The largest absolute Gasteiger partial charge is 0.494 e. The van der Waals surface area contributed by atoms with Crippen molar-refractivity contribution in [3.05, 3.63) is 29.8 Å². The van der Waals surface area contributed by atoms with Gasteiger partial charge < -0.3 is 19.3 Å². The van der Waals surface area contributed by atoms with Crippen LogP contribution in [0.3, 0.4) is 0 Å². The quantitative estimate of drug-likeness (QED) is 0.636. The van der Waals surface area contributed by atoms with Crippen LogP contribution in [0.25, 0.3) is 0 Å². The van der Waals surface area contributed by atoms with Crippen molar-refractivity contribution in [2.24, 2.45) is 0 Å². The molecule has 0 bridgehead atoms. The molecule has 0 atom stereocenters. The first-order valence-electron chi connectivity index (χ1n) is 11.2. The lowest BCUT2D eigenvalue weighted by Crippen LogP contribution is -2.49. The minimum Gasteiger partial charge on any atom is -0.494 e. The molecular formula is C23H34N2O3S. The first kappa shape index (κ1) is 21.0. The maximum absolute atomic E-state index is 13.4. The summed E-state index contributed by atoms with van der Waals surface area (Å²) < 4.78 is 11.6. The van der Waals surface area contributed by atoms with E-state index in [0.29, 0.717) is 19.1 Å². The van der Waals surface area contributed by atoms with Gasteiger partial charge in [0.15, 0.2) is 0 Å². The number of rotatable bonds is 7. The van der Waals surface area contributed by atoms with Crippen LogP contribution >= 0.6 is 11.8 Å². The molecule has 0 saturated carbocycles. The van der Waals surface area contributed by atoms with Crippen molar-refractivity contribution in [2.45, 2.75) is 37.5 Å². The molecule has 3 heterocycles. The molecule has 3 aliphatic rings. The predicted octanol–water partition coefficient (Wildman–Crippen LogP) is 3.17. The number of likely N-dealkylation sites (tertiary alicyclic amines) is 1. The summed E-state index contributed by atoms with van der Waals surface area (Å²) >= 11 is 2.05. The van der Waals surface area contributed by atoms with E-state index in [1.807, 2.05) is 23.9 Å². The van der Waals surface area contributed by atoms with Crippen molar-refractivity contribution in [1.29, 1.82) is 0 Å². The summed E-state index contributed by atoms with van der Waals surface area (Å²) in [5.74, 6) is 3.71. The van der Waals surface area contributed by atoms with E-state index < -0.39 is 5.41 Å². The molecule has 6 heteroatoms. The zero-order valence-electron chi connectivity index (χ0n) is 17.4. The van der Waals surface area contributed by atoms with E-state index in [4.69, 9.17) is 9.47 Å². The topological polar surface area (TPSA) is 42.0 Å². The van der Waals surface area contributed by atoms with Gasteiger partial charge in [-0.05, 0) is 49.8 Å². The zero-order chi connectivity index (χ0) is 19.9. The number of carbonyl (C=O) groups excluding carboxylic acids is 1. The maximum atomic E-state index is 13.4. The van der Waals surface area contributed by atoms with Crippen LogP contribution in [0.4, 0.5) is 0 Å². The smallest absolute Gasteiger partial charge is 0.233 e. The average Bonchev–Trinajstić information content (AvgIpc) is 3.33. The molecule has 0 aromatic heterocycles. The second-order valence-electron chi connectivity index (χ2n) is 8.37. The van der Waals surface area contributed by atoms with Gasteiger partial charge in [-0.25, -0.2) is 0 Å². The molecule has 0 aliphatic carbocycles. The molecular weight excluding hydrogens is 384 g/mol. The number of nitrogens with zero attached hydrogens (tertiary/aromatic N) is 2. The SMILES string of the molecule is O=C(N1CCCC1)C1(c2ccc(OCCCN3CCSCC3)cc2)CCOCC1. The molecule has 29 heavy (non-hydrogen) atoms. The molecule has 3 saturated heterocycles.